The first kappa shape index (κ1) is 14.6. The Hall–Kier alpha value is -0.770. The molecule has 1 aromatic heterocycles. The van der Waals surface area contributed by atoms with Crippen molar-refractivity contribution in [2.45, 2.75) is 25.8 Å². The lowest BCUT2D eigenvalue weighted by molar-refractivity contribution is 0.151. The van der Waals surface area contributed by atoms with Crippen LogP contribution in [-0.2, 0) is 11.3 Å². The summed E-state index contributed by atoms with van der Waals surface area (Å²) >= 11 is 12.4. The molecule has 2 rings (SSSR count). The monoisotopic (exact) mass is 300 g/mol. The van der Waals surface area contributed by atoms with Gasteiger partial charge in [0.05, 0.1) is 22.5 Å². The van der Waals surface area contributed by atoms with Crippen molar-refractivity contribution in [3.63, 3.8) is 0 Å². The number of benzene rings is 1. The van der Waals surface area contributed by atoms with Crippen LogP contribution in [0.15, 0.2) is 18.2 Å². The molecular formula is C14H18Cl2N2O. The molecule has 1 aromatic carbocycles. The molecule has 0 spiro atoms. The van der Waals surface area contributed by atoms with Crippen LogP contribution in [0.25, 0.3) is 11.0 Å². The van der Waals surface area contributed by atoms with Crippen LogP contribution in [0.5, 0.6) is 0 Å². The van der Waals surface area contributed by atoms with Gasteiger partial charge in [-0.1, -0.05) is 24.6 Å². The van der Waals surface area contributed by atoms with E-state index in [1.165, 1.54) is 0 Å². The number of nitrogens with zero attached hydrogens (tertiary/aromatic N) is 2. The highest BCUT2D eigenvalue weighted by Gasteiger charge is 2.18. The van der Waals surface area contributed by atoms with Gasteiger partial charge in [-0.25, -0.2) is 4.98 Å². The maximum absolute atomic E-state index is 6.23. The third-order valence-corrected chi connectivity index (χ3v) is 3.56. The summed E-state index contributed by atoms with van der Waals surface area (Å²) in [5.74, 6) is 1.24. The van der Waals surface area contributed by atoms with Crippen molar-refractivity contribution in [2.75, 3.05) is 13.7 Å². The van der Waals surface area contributed by atoms with Crippen LogP contribution in [0.1, 0.15) is 25.0 Å². The Balaban J connectivity index is 2.49. The lowest BCUT2D eigenvalue weighted by atomic mass is 10.2. The van der Waals surface area contributed by atoms with Crippen LogP contribution in [0, 0.1) is 5.92 Å². The van der Waals surface area contributed by atoms with Gasteiger partial charge in [0.2, 0.25) is 0 Å². The summed E-state index contributed by atoms with van der Waals surface area (Å²) in [6.45, 7) is 5.59. The minimum atomic E-state index is -0.154. The number of imidazole rings is 1. The molecule has 104 valence electrons. The Morgan fingerprint density at radius 3 is 2.74 bits per heavy atom. The predicted molar refractivity (Wildman–Crippen MR) is 80.1 cm³/mol. The number of alkyl halides is 1. The first-order valence-corrected chi connectivity index (χ1v) is 7.13. The summed E-state index contributed by atoms with van der Waals surface area (Å²) in [5.41, 5.74) is 1.84. The molecule has 1 heterocycles. The summed E-state index contributed by atoms with van der Waals surface area (Å²) in [6, 6.07) is 5.81. The molecule has 2 atom stereocenters. The van der Waals surface area contributed by atoms with E-state index in [9.17, 15) is 0 Å². The maximum Gasteiger partial charge on any atom is 0.127 e. The van der Waals surface area contributed by atoms with Crippen LogP contribution >= 0.6 is 23.2 Å². The number of aromatic nitrogens is 2. The number of fused-ring (bicyclic) bond motifs is 1. The molecule has 0 N–H and O–H groups in total. The van der Waals surface area contributed by atoms with Crippen molar-refractivity contribution >= 4 is 34.2 Å². The zero-order valence-corrected chi connectivity index (χ0v) is 12.9. The lowest BCUT2D eigenvalue weighted by Crippen LogP contribution is -2.15. The van der Waals surface area contributed by atoms with Gasteiger partial charge in [-0.05, 0) is 25.0 Å². The van der Waals surface area contributed by atoms with E-state index < -0.39 is 0 Å². The van der Waals surface area contributed by atoms with Gasteiger partial charge < -0.3 is 9.30 Å². The van der Waals surface area contributed by atoms with Crippen molar-refractivity contribution in [1.29, 1.82) is 0 Å². The largest absolute Gasteiger partial charge is 0.384 e. The second-order valence-electron chi connectivity index (χ2n) is 4.86. The second kappa shape index (κ2) is 6.12. The van der Waals surface area contributed by atoms with Crippen molar-refractivity contribution in [3.8, 4) is 0 Å². The minimum absolute atomic E-state index is 0.154. The molecule has 0 fully saturated rings. The highest BCUT2D eigenvalue weighted by atomic mass is 35.5. The van der Waals surface area contributed by atoms with Crippen molar-refractivity contribution in [1.82, 2.24) is 9.55 Å². The molecular weight excluding hydrogens is 283 g/mol. The van der Waals surface area contributed by atoms with Gasteiger partial charge in [0.1, 0.15) is 11.3 Å². The van der Waals surface area contributed by atoms with E-state index >= 15 is 0 Å². The molecule has 0 saturated carbocycles. The topological polar surface area (TPSA) is 27.1 Å². The third kappa shape index (κ3) is 3.04. The van der Waals surface area contributed by atoms with Gasteiger partial charge in [-0.2, -0.15) is 0 Å². The van der Waals surface area contributed by atoms with Crippen molar-refractivity contribution in [3.05, 3.63) is 29.0 Å². The van der Waals surface area contributed by atoms with Crippen LogP contribution in [0.4, 0.5) is 0 Å². The van der Waals surface area contributed by atoms with Gasteiger partial charge in [-0.3, -0.25) is 0 Å². The summed E-state index contributed by atoms with van der Waals surface area (Å²) in [5, 5.41) is 0.507. The van der Waals surface area contributed by atoms with E-state index in [1.54, 1.807) is 7.11 Å². The van der Waals surface area contributed by atoms with Gasteiger partial charge in [0, 0.05) is 13.7 Å². The fourth-order valence-electron chi connectivity index (χ4n) is 2.28. The molecule has 0 aliphatic rings. The Kier molecular flexibility index (Phi) is 4.71. The number of ether oxygens (including phenoxy) is 1. The predicted octanol–water partition coefficient (Wildman–Crippen LogP) is 4.27. The van der Waals surface area contributed by atoms with E-state index in [-0.39, 0.29) is 5.38 Å². The smallest absolute Gasteiger partial charge is 0.127 e. The molecule has 2 unspecified atom stereocenters. The maximum atomic E-state index is 6.23. The zero-order valence-electron chi connectivity index (χ0n) is 11.4. The number of rotatable bonds is 5. The summed E-state index contributed by atoms with van der Waals surface area (Å²) in [6.07, 6.45) is 0. The average molecular weight is 301 g/mol. The van der Waals surface area contributed by atoms with Crippen LogP contribution < -0.4 is 0 Å². The molecule has 0 amide bonds. The van der Waals surface area contributed by atoms with E-state index in [2.05, 4.69) is 16.5 Å². The number of methoxy groups -OCH3 is 1. The number of halogens is 2. The van der Waals surface area contributed by atoms with E-state index in [4.69, 9.17) is 27.9 Å². The Morgan fingerprint density at radius 2 is 2.11 bits per heavy atom. The molecule has 0 aliphatic carbocycles. The molecule has 5 heteroatoms. The van der Waals surface area contributed by atoms with Gasteiger partial charge in [0.25, 0.3) is 0 Å². The summed E-state index contributed by atoms with van der Waals surface area (Å²) in [4.78, 5) is 4.58. The molecule has 0 bridgehead atoms. The Morgan fingerprint density at radius 1 is 1.37 bits per heavy atom. The first-order valence-electron chi connectivity index (χ1n) is 6.32. The van der Waals surface area contributed by atoms with Crippen molar-refractivity contribution < 1.29 is 4.74 Å². The normalized spacial score (nSPS) is 14.8. The molecule has 2 aromatic rings. The average Bonchev–Trinajstić information content (AvgIpc) is 2.70. The van der Waals surface area contributed by atoms with E-state index in [1.807, 2.05) is 25.1 Å². The second-order valence-corrected chi connectivity index (χ2v) is 5.93. The molecule has 0 radical (unpaired) electrons. The number of hydrogen-bond acceptors (Lipinski definition) is 2. The standard InChI is InChI=1S/C14H18Cl2N2O/c1-9(8-19-3)7-18-12-6-4-5-11(16)13(12)17-14(18)10(2)15/h4-6,9-10H,7-8H2,1-3H3. The number of hydrogen-bond donors (Lipinski definition) is 0. The summed E-state index contributed by atoms with van der Waals surface area (Å²) in [7, 11) is 1.71. The van der Waals surface area contributed by atoms with Gasteiger partial charge >= 0.3 is 0 Å². The quantitative estimate of drug-likeness (QED) is 0.771. The SMILES string of the molecule is COCC(C)Cn1c(C(C)Cl)nc2c(Cl)cccc21. The van der Waals surface area contributed by atoms with Crippen molar-refractivity contribution in [2.24, 2.45) is 5.92 Å². The molecule has 19 heavy (non-hydrogen) atoms. The zero-order chi connectivity index (χ0) is 14.0. The van der Waals surface area contributed by atoms with Crippen LogP contribution in [0.2, 0.25) is 5.02 Å². The number of para-hydroxylation sites is 1. The Bertz CT molecular complexity index is 566. The highest BCUT2D eigenvalue weighted by Crippen LogP contribution is 2.29. The van der Waals surface area contributed by atoms with E-state index in [0.717, 1.165) is 23.4 Å². The lowest BCUT2D eigenvalue weighted by Gasteiger charge is -2.15. The summed E-state index contributed by atoms with van der Waals surface area (Å²) < 4.78 is 7.34. The minimum Gasteiger partial charge on any atom is -0.384 e. The molecule has 0 saturated heterocycles. The van der Waals surface area contributed by atoms with Gasteiger partial charge in [0.15, 0.2) is 0 Å². The first-order chi connectivity index (χ1) is 9.04. The fourth-order valence-corrected chi connectivity index (χ4v) is 2.65. The molecule has 0 aliphatic heterocycles. The van der Waals surface area contributed by atoms with E-state index in [0.29, 0.717) is 17.5 Å². The van der Waals surface area contributed by atoms with Crippen LogP contribution in [-0.4, -0.2) is 23.3 Å². The third-order valence-electron chi connectivity index (χ3n) is 3.06. The van der Waals surface area contributed by atoms with Gasteiger partial charge in [-0.15, -0.1) is 11.6 Å². The fraction of sp³-hybridized carbons (Fsp3) is 0.500. The highest BCUT2D eigenvalue weighted by molar-refractivity contribution is 6.35. The van der Waals surface area contributed by atoms with Crippen LogP contribution in [0.3, 0.4) is 0 Å². The Labute approximate surface area is 123 Å². The molecule has 3 nitrogen and oxygen atoms in total.